The topological polar surface area (TPSA) is 65.9 Å². The van der Waals surface area contributed by atoms with Crippen LogP contribution in [0.4, 0.5) is 0 Å². The van der Waals surface area contributed by atoms with Crippen molar-refractivity contribution in [3.8, 4) is 5.75 Å². The Bertz CT molecular complexity index is 1370. The van der Waals surface area contributed by atoms with Crippen LogP contribution in [0.25, 0.3) is 0 Å². The van der Waals surface area contributed by atoms with E-state index >= 15 is 0 Å². The Morgan fingerprint density at radius 3 is 2.44 bits per heavy atom. The summed E-state index contributed by atoms with van der Waals surface area (Å²) >= 11 is 1.91. The van der Waals surface area contributed by atoms with Crippen molar-refractivity contribution in [2.75, 3.05) is 39.8 Å². The SMILES string of the molecule is CCc1nc(Cc2ccc(OC)cc2)sc1C1CCN(C[C@H]2CN([C@@H](C(=O)O)C(C)(C)C)C[C@@H]2c2cccc(C)c2)CC1. The van der Waals surface area contributed by atoms with Gasteiger partial charge in [0.1, 0.15) is 11.8 Å². The van der Waals surface area contributed by atoms with Crippen molar-refractivity contribution in [2.24, 2.45) is 11.3 Å². The molecule has 5 rings (SSSR count). The molecule has 0 aliphatic carbocycles. The first kappa shape index (κ1) is 31.7. The summed E-state index contributed by atoms with van der Waals surface area (Å²) in [6, 6.07) is 16.7. The zero-order chi connectivity index (χ0) is 30.7. The maximum Gasteiger partial charge on any atom is 0.321 e. The number of carbonyl (C=O) groups is 1. The van der Waals surface area contributed by atoms with E-state index in [1.807, 2.05) is 23.5 Å². The van der Waals surface area contributed by atoms with Gasteiger partial charge in [0, 0.05) is 36.9 Å². The number of thiazole rings is 1. The molecule has 6 nitrogen and oxygen atoms in total. The number of aliphatic carboxylic acids is 1. The summed E-state index contributed by atoms with van der Waals surface area (Å²) in [4.78, 5) is 23.9. The molecule has 2 saturated heterocycles. The van der Waals surface area contributed by atoms with Crippen LogP contribution in [0.5, 0.6) is 5.75 Å². The number of aromatic nitrogens is 1. The molecular weight excluding hydrogens is 554 g/mol. The van der Waals surface area contributed by atoms with Crippen LogP contribution >= 0.6 is 11.3 Å². The van der Waals surface area contributed by atoms with E-state index in [0.29, 0.717) is 17.8 Å². The highest BCUT2D eigenvalue weighted by Gasteiger charge is 2.44. The summed E-state index contributed by atoms with van der Waals surface area (Å²) in [5, 5.41) is 11.4. The Hall–Kier alpha value is -2.74. The summed E-state index contributed by atoms with van der Waals surface area (Å²) in [6.07, 6.45) is 4.15. The van der Waals surface area contributed by atoms with E-state index in [-0.39, 0.29) is 5.41 Å². The molecule has 3 atom stereocenters. The van der Waals surface area contributed by atoms with Gasteiger partial charge in [0.2, 0.25) is 0 Å². The average molecular weight is 604 g/mol. The quantitative estimate of drug-likeness (QED) is 0.269. The summed E-state index contributed by atoms with van der Waals surface area (Å²) < 4.78 is 5.32. The number of methoxy groups -OCH3 is 1. The molecule has 232 valence electrons. The maximum absolute atomic E-state index is 12.4. The smallest absolute Gasteiger partial charge is 0.321 e. The Balaban J connectivity index is 1.26. The van der Waals surface area contributed by atoms with Crippen LogP contribution < -0.4 is 4.74 Å². The van der Waals surface area contributed by atoms with Crippen molar-refractivity contribution >= 4 is 17.3 Å². The number of hydrogen-bond acceptors (Lipinski definition) is 6. The van der Waals surface area contributed by atoms with E-state index in [9.17, 15) is 9.90 Å². The normalized spacial score (nSPS) is 21.3. The molecule has 43 heavy (non-hydrogen) atoms. The molecule has 7 heteroatoms. The van der Waals surface area contributed by atoms with Crippen LogP contribution in [0.3, 0.4) is 0 Å². The second-order valence-corrected chi connectivity index (χ2v) is 14.8. The zero-order valence-electron chi connectivity index (χ0n) is 26.8. The number of likely N-dealkylation sites (tertiary alicyclic amines) is 2. The third kappa shape index (κ3) is 7.50. The number of piperidine rings is 1. The van der Waals surface area contributed by atoms with E-state index in [1.54, 1.807) is 7.11 Å². The van der Waals surface area contributed by atoms with Crippen LogP contribution in [-0.2, 0) is 17.6 Å². The first-order chi connectivity index (χ1) is 20.5. The van der Waals surface area contributed by atoms with Crippen LogP contribution in [0.1, 0.15) is 84.6 Å². The first-order valence-electron chi connectivity index (χ1n) is 15.9. The fourth-order valence-corrected chi connectivity index (χ4v) is 8.70. The summed E-state index contributed by atoms with van der Waals surface area (Å²) in [7, 11) is 1.70. The number of nitrogens with zero attached hydrogens (tertiary/aromatic N) is 3. The van der Waals surface area contributed by atoms with Crippen molar-refractivity contribution in [3.63, 3.8) is 0 Å². The van der Waals surface area contributed by atoms with E-state index in [0.717, 1.165) is 64.2 Å². The average Bonchev–Trinajstić information content (AvgIpc) is 3.56. The van der Waals surface area contributed by atoms with Gasteiger partial charge in [-0.25, -0.2) is 4.98 Å². The second-order valence-electron chi connectivity index (χ2n) is 13.7. The highest BCUT2D eigenvalue weighted by atomic mass is 32.1. The third-order valence-corrected chi connectivity index (χ3v) is 10.7. The molecule has 0 bridgehead atoms. The van der Waals surface area contributed by atoms with Crippen molar-refractivity contribution < 1.29 is 14.6 Å². The Morgan fingerprint density at radius 2 is 1.84 bits per heavy atom. The van der Waals surface area contributed by atoms with Gasteiger partial charge in [0.15, 0.2) is 0 Å². The lowest BCUT2D eigenvalue weighted by molar-refractivity contribution is -0.147. The summed E-state index contributed by atoms with van der Waals surface area (Å²) in [5.74, 6) is 1.50. The lowest BCUT2D eigenvalue weighted by Gasteiger charge is -2.36. The molecule has 0 radical (unpaired) electrons. The highest BCUT2D eigenvalue weighted by Crippen LogP contribution is 2.40. The van der Waals surface area contributed by atoms with Crippen molar-refractivity contribution in [3.05, 3.63) is 80.8 Å². The molecule has 1 aromatic heterocycles. The number of ether oxygens (including phenoxy) is 1. The van der Waals surface area contributed by atoms with Gasteiger partial charge in [-0.05, 0) is 79.8 Å². The number of rotatable bonds is 10. The number of aryl methyl sites for hydroxylation is 2. The fourth-order valence-electron chi connectivity index (χ4n) is 7.34. The van der Waals surface area contributed by atoms with Gasteiger partial charge in [-0.3, -0.25) is 9.69 Å². The molecular formula is C36H49N3O3S. The predicted octanol–water partition coefficient (Wildman–Crippen LogP) is 7.01. The van der Waals surface area contributed by atoms with Crippen LogP contribution in [0, 0.1) is 18.3 Å². The van der Waals surface area contributed by atoms with Gasteiger partial charge >= 0.3 is 5.97 Å². The van der Waals surface area contributed by atoms with E-state index in [2.05, 4.69) is 80.8 Å². The molecule has 1 N–H and O–H groups in total. The summed E-state index contributed by atoms with van der Waals surface area (Å²) in [5.41, 5.74) is 4.84. The van der Waals surface area contributed by atoms with Gasteiger partial charge in [0.25, 0.3) is 0 Å². The van der Waals surface area contributed by atoms with Crippen LogP contribution in [-0.4, -0.2) is 71.7 Å². The number of hydrogen-bond donors (Lipinski definition) is 1. The Kier molecular flexibility index (Phi) is 9.94. The number of benzene rings is 2. The lowest BCUT2D eigenvalue weighted by atomic mass is 9.85. The van der Waals surface area contributed by atoms with Crippen molar-refractivity contribution in [1.29, 1.82) is 0 Å². The standard InChI is InChI=1S/C36H49N3O3S/c1-7-31-33(43-32(37-31)20-25-11-13-29(42-6)14-12-25)26-15-17-38(18-16-26)21-28-22-39(34(35(40)41)36(3,4)5)23-30(28)27-10-8-9-24(2)19-27/h8-14,19,26,28,30,34H,7,15-18,20-23H2,1-6H3,(H,40,41)/t28-,30+,34-/m0/s1. The molecule has 3 heterocycles. The molecule has 0 amide bonds. The molecule has 2 aliphatic heterocycles. The van der Waals surface area contributed by atoms with E-state index in [4.69, 9.17) is 9.72 Å². The molecule has 0 saturated carbocycles. The summed E-state index contributed by atoms with van der Waals surface area (Å²) in [6.45, 7) is 15.4. The van der Waals surface area contributed by atoms with E-state index < -0.39 is 12.0 Å². The van der Waals surface area contributed by atoms with Gasteiger partial charge in [0.05, 0.1) is 17.8 Å². The minimum absolute atomic E-state index is 0.325. The fraction of sp³-hybridized carbons (Fsp3) is 0.556. The van der Waals surface area contributed by atoms with Gasteiger partial charge in [-0.1, -0.05) is 69.7 Å². The van der Waals surface area contributed by atoms with E-state index in [1.165, 1.54) is 32.3 Å². The molecule has 2 aromatic carbocycles. The molecule has 3 aromatic rings. The van der Waals surface area contributed by atoms with Crippen molar-refractivity contribution in [2.45, 2.75) is 78.2 Å². The van der Waals surface area contributed by atoms with Crippen molar-refractivity contribution in [1.82, 2.24) is 14.8 Å². The Morgan fingerprint density at radius 1 is 1.12 bits per heavy atom. The molecule has 0 spiro atoms. The van der Waals surface area contributed by atoms with Gasteiger partial charge in [-0.15, -0.1) is 11.3 Å². The first-order valence-corrected chi connectivity index (χ1v) is 16.7. The highest BCUT2D eigenvalue weighted by molar-refractivity contribution is 7.11. The van der Waals surface area contributed by atoms with Gasteiger partial charge < -0.3 is 14.7 Å². The van der Waals surface area contributed by atoms with Gasteiger partial charge in [-0.2, -0.15) is 0 Å². The minimum atomic E-state index is -0.709. The molecule has 0 unspecified atom stereocenters. The monoisotopic (exact) mass is 603 g/mol. The Labute approximate surface area is 262 Å². The van der Waals surface area contributed by atoms with Crippen LogP contribution in [0.2, 0.25) is 0 Å². The number of carboxylic acids is 1. The minimum Gasteiger partial charge on any atom is -0.497 e. The lowest BCUT2D eigenvalue weighted by Crippen LogP contribution is -2.48. The predicted molar refractivity (Wildman–Crippen MR) is 176 cm³/mol. The molecule has 2 fully saturated rings. The number of carboxylic acid groups (broad SMARTS) is 1. The largest absolute Gasteiger partial charge is 0.497 e. The zero-order valence-corrected chi connectivity index (χ0v) is 27.6. The molecule has 2 aliphatic rings. The second kappa shape index (κ2) is 13.5. The van der Waals surface area contributed by atoms with Crippen LogP contribution in [0.15, 0.2) is 48.5 Å². The third-order valence-electron chi connectivity index (χ3n) is 9.43. The maximum atomic E-state index is 12.4.